The van der Waals surface area contributed by atoms with Crippen molar-refractivity contribution in [3.05, 3.63) is 47.7 Å². The topological polar surface area (TPSA) is 68.1 Å². The number of aliphatic hydroxyl groups is 1. The largest absolute Gasteiger partial charge is 0.480 e. The second-order valence-corrected chi connectivity index (χ2v) is 3.82. The Hall–Kier alpha value is -2.22. The van der Waals surface area contributed by atoms with Gasteiger partial charge in [-0.05, 0) is 12.1 Å². The van der Waals surface area contributed by atoms with E-state index in [1.165, 1.54) is 19.5 Å². The Kier molecular flexibility index (Phi) is 3.84. The van der Waals surface area contributed by atoms with Gasteiger partial charge in [-0.25, -0.2) is 4.98 Å². The molecule has 2 aromatic heterocycles. The molecule has 8 heteroatoms. The van der Waals surface area contributed by atoms with Gasteiger partial charge in [0.15, 0.2) is 0 Å². The lowest BCUT2D eigenvalue weighted by Crippen LogP contribution is -2.10. The van der Waals surface area contributed by atoms with Gasteiger partial charge in [0.2, 0.25) is 5.88 Å². The summed E-state index contributed by atoms with van der Waals surface area (Å²) in [4.78, 5) is 11.3. The number of methoxy groups -OCH3 is 1. The molecule has 2 rings (SSSR count). The van der Waals surface area contributed by atoms with Crippen molar-refractivity contribution < 1.29 is 23.0 Å². The van der Waals surface area contributed by atoms with Crippen LogP contribution in [0.2, 0.25) is 0 Å². The molecule has 0 spiro atoms. The highest BCUT2D eigenvalue weighted by Gasteiger charge is 2.31. The van der Waals surface area contributed by atoms with E-state index in [9.17, 15) is 18.3 Å². The quantitative estimate of drug-likeness (QED) is 0.934. The zero-order chi connectivity index (χ0) is 14.8. The fraction of sp³-hybridized carbons (Fsp3) is 0.250. The molecular formula is C12H10F3N3O2. The van der Waals surface area contributed by atoms with Crippen LogP contribution >= 0.6 is 0 Å². The fourth-order valence-electron chi connectivity index (χ4n) is 1.56. The van der Waals surface area contributed by atoms with Gasteiger partial charge in [0.05, 0.1) is 18.4 Å². The van der Waals surface area contributed by atoms with Crippen LogP contribution in [0.1, 0.15) is 23.1 Å². The molecular weight excluding hydrogens is 275 g/mol. The third kappa shape index (κ3) is 2.85. The molecule has 0 aliphatic rings. The first-order valence-electron chi connectivity index (χ1n) is 5.49. The summed E-state index contributed by atoms with van der Waals surface area (Å²) in [5.41, 5.74) is -0.779. The van der Waals surface area contributed by atoms with Crippen LogP contribution in [0.25, 0.3) is 0 Å². The van der Waals surface area contributed by atoms with Gasteiger partial charge in [0, 0.05) is 18.6 Å². The maximum atomic E-state index is 12.4. The first-order chi connectivity index (χ1) is 9.43. The minimum atomic E-state index is -4.47. The summed E-state index contributed by atoms with van der Waals surface area (Å²) in [6.45, 7) is 0. The molecule has 0 aliphatic heterocycles. The van der Waals surface area contributed by atoms with Crippen molar-refractivity contribution in [2.75, 3.05) is 7.11 Å². The van der Waals surface area contributed by atoms with Crippen molar-refractivity contribution >= 4 is 0 Å². The Balaban J connectivity index is 2.32. The molecule has 1 unspecified atom stereocenters. The third-order valence-electron chi connectivity index (χ3n) is 2.54. The van der Waals surface area contributed by atoms with Crippen molar-refractivity contribution in [1.82, 2.24) is 15.0 Å². The fourth-order valence-corrected chi connectivity index (χ4v) is 1.56. The van der Waals surface area contributed by atoms with E-state index >= 15 is 0 Å². The molecule has 0 amide bonds. The molecule has 0 fully saturated rings. The molecule has 106 valence electrons. The van der Waals surface area contributed by atoms with Crippen LogP contribution < -0.4 is 4.74 Å². The number of hydrogen-bond donors (Lipinski definition) is 1. The van der Waals surface area contributed by atoms with Gasteiger partial charge in [0.25, 0.3) is 0 Å². The van der Waals surface area contributed by atoms with Crippen LogP contribution in [0, 0.1) is 0 Å². The van der Waals surface area contributed by atoms with E-state index in [1.807, 2.05) is 0 Å². The standard InChI is InChI=1S/C12H10F3N3O2/c1-20-11-9(16-4-5-17-11)10(19)8-3-2-7(6-18-8)12(13,14)15/h2-6,10,19H,1H3. The second kappa shape index (κ2) is 5.41. The number of pyridine rings is 1. The number of aliphatic hydroxyl groups excluding tert-OH is 1. The van der Waals surface area contributed by atoms with Gasteiger partial charge in [-0.15, -0.1) is 0 Å². The zero-order valence-electron chi connectivity index (χ0n) is 10.3. The maximum absolute atomic E-state index is 12.4. The summed E-state index contributed by atoms with van der Waals surface area (Å²) >= 11 is 0. The van der Waals surface area contributed by atoms with E-state index in [0.717, 1.165) is 12.1 Å². The summed E-state index contributed by atoms with van der Waals surface area (Å²) in [6.07, 6.45) is -2.43. The van der Waals surface area contributed by atoms with Gasteiger partial charge >= 0.3 is 6.18 Å². The highest BCUT2D eigenvalue weighted by Crippen LogP contribution is 2.30. The molecule has 5 nitrogen and oxygen atoms in total. The van der Waals surface area contributed by atoms with Gasteiger partial charge in [0.1, 0.15) is 11.8 Å². The number of hydrogen-bond acceptors (Lipinski definition) is 5. The first kappa shape index (κ1) is 14.2. The average molecular weight is 285 g/mol. The Labute approximate surface area is 112 Å². The monoisotopic (exact) mass is 285 g/mol. The zero-order valence-corrected chi connectivity index (χ0v) is 10.3. The third-order valence-corrected chi connectivity index (χ3v) is 2.54. The molecule has 0 radical (unpaired) electrons. The Morgan fingerprint density at radius 3 is 2.40 bits per heavy atom. The van der Waals surface area contributed by atoms with Crippen molar-refractivity contribution in [1.29, 1.82) is 0 Å². The summed E-state index contributed by atoms with van der Waals surface area (Å²) in [5, 5.41) is 10.1. The van der Waals surface area contributed by atoms with E-state index in [0.29, 0.717) is 6.20 Å². The SMILES string of the molecule is COc1nccnc1C(O)c1ccc(C(F)(F)F)cn1. The van der Waals surface area contributed by atoms with Gasteiger partial charge in [-0.3, -0.25) is 9.97 Å². The summed E-state index contributed by atoms with van der Waals surface area (Å²) in [7, 11) is 1.35. The molecule has 0 aromatic carbocycles. The van der Waals surface area contributed by atoms with E-state index in [1.54, 1.807) is 0 Å². The van der Waals surface area contributed by atoms with Crippen LogP contribution in [0.15, 0.2) is 30.7 Å². The van der Waals surface area contributed by atoms with Gasteiger partial charge < -0.3 is 9.84 Å². The molecule has 1 atom stereocenters. The second-order valence-electron chi connectivity index (χ2n) is 3.82. The average Bonchev–Trinajstić information content (AvgIpc) is 2.45. The van der Waals surface area contributed by atoms with Gasteiger partial charge in [-0.2, -0.15) is 13.2 Å². The lowest BCUT2D eigenvalue weighted by atomic mass is 10.1. The predicted octanol–water partition coefficient (Wildman–Crippen LogP) is 1.98. The van der Waals surface area contributed by atoms with Crippen molar-refractivity contribution in [3.63, 3.8) is 0 Å². The van der Waals surface area contributed by atoms with Gasteiger partial charge in [-0.1, -0.05) is 0 Å². The summed E-state index contributed by atoms with van der Waals surface area (Å²) < 4.78 is 42.2. The number of nitrogens with zero attached hydrogens (tertiary/aromatic N) is 3. The van der Waals surface area contributed by atoms with Crippen molar-refractivity contribution in [2.45, 2.75) is 12.3 Å². The lowest BCUT2D eigenvalue weighted by molar-refractivity contribution is -0.137. The number of halogens is 3. The van der Waals surface area contributed by atoms with Crippen molar-refractivity contribution in [3.8, 4) is 5.88 Å². The van der Waals surface area contributed by atoms with Crippen LogP contribution in [0.3, 0.4) is 0 Å². The van der Waals surface area contributed by atoms with Crippen LogP contribution in [0.5, 0.6) is 5.88 Å². The molecule has 2 aromatic rings. The van der Waals surface area contributed by atoms with Crippen LogP contribution in [-0.4, -0.2) is 27.2 Å². The Morgan fingerprint density at radius 1 is 1.15 bits per heavy atom. The number of alkyl halides is 3. The van der Waals surface area contributed by atoms with E-state index in [-0.39, 0.29) is 17.3 Å². The smallest absolute Gasteiger partial charge is 0.417 e. The Bertz CT molecular complexity index is 587. The van der Waals surface area contributed by atoms with E-state index in [2.05, 4.69) is 15.0 Å². The lowest BCUT2D eigenvalue weighted by Gasteiger charge is -2.13. The molecule has 1 N–H and O–H groups in total. The van der Waals surface area contributed by atoms with Crippen molar-refractivity contribution in [2.24, 2.45) is 0 Å². The summed E-state index contributed by atoms with van der Waals surface area (Å²) in [5.74, 6) is 0.0849. The first-order valence-corrected chi connectivity index (χ1v) is 5.49. The highest BCUT2D eigenvalue weighted by molar-refractivity contribution is 5.28. The molecule has 0 bridgehead atoms. The molecule has 2 heterocycles. The van der Waals surface area contributed by atoms with Crippen LogP contribution in [0.4, 0.5) is 13.2 Å². The molecule has 20 heavy (non-hydrogen) atoms. The Morgan fingerprint density at radius 2 is 1.85 bits per heavy atom. The number of rotatable bonds is 3. The highest BCUT2D eigenvalue weighted by atomic mass is 19.4. The predicted molar refractivity (Wildman–Crippen MR) is 61.9 cm³/mol. The van der Waals surface area contributed by atoms with Crippen LogP contribution in [-0.2, 0) is 6.18 Å². The number of aromatic nitrogens is 3. The molecule has 0 aliphatic carbocycles. The molecule has 0 saturated carbocycles. The minimum absolute atomic E-state index is 0.0248. The number of ether oxygens (including phenoxy) is 1. The normalized spacial score (nSPS) is 13.1. The summed E-state index contributed by atoms with van der Waals surface area (Å²) in [6, 6.07) is 1.93. The minimum Gasteiger partial charge on any atom is -0.480 e. The van der Waals surface area contributed by atoms with E-state index < -0.39 is 17.8 Å². The molecule has 0 saturated heterocycles. The van der Waals surface area contributed by atoms with E-state index in [4.69, 9.17) is 4.74 Å². The maximum Gasteiger partial charge on any atom is 0.417 e.